The maximum absolute atomic E-state index is 11.5. The average molecular weight is 387 g/mol. The second-order valence-electron chi connectivity index (χ2n) is 5.09. The molecule has 134 valence electrons. The van der Waals surface area contributed by atoms with Crippen LogP contribution in [-0.2, 0) is 11.3 Å². The monoisotopic (exact) mass is 385 g/mol. The molecule has 9 heteroatoms. The molecule has 0 bridgehead atoms. The van der Waals surface area contributed by atoms with Crippen LogP contribution in [0.25, 0.3) is 0 Å². The normalized spacial score (nSPS) is 14.1. The van der Waals surface area contributed by atoms with Crippen molar-refractivity contribution in [1.29, 1.82) is 0 Å². The number of halogens is 3. The van der Waals surface area contributed by atoms with Crippen LogP contribution in [0.4, 0.5) is 5.82 Å². The highest BCUT2D eigenvalue weighted by atomic mass is 35.5. The van der Waals surface area contributed by atoms with E-state index in [0.29, 0.717) is 19.5 Å². The highest BCUT2D eigenvalue weighted by molar-refractivity contribution is 5.86. The average Bonchev–Trinajstić information content (AvgIpc) is 2.47. The number of likely N-dealkylation sites (N-methyl/N-ethyl adjacent to an activating group) is 1. The van der Waals surface area contributed by atoms with Gasteiger partial charge in [0.25, 0.3) is 0 Å². The molecule has 0 spiro atoms. The number of hydrogen-bond donors (Lipinski definition) is 2. The summed E-state index contributed by atoms with van der Waals surface area (Å²) >= 11 is 0. The van der Waals surface area contributed by atoms with E-state index in [4.69, 9.17) is 5.73 Å². The third kappa shape index (κ3) is 7.54. The van der Waals surface area contributed by atoms with Crippen molar-refractivity contribution >= 4 is 48.9 Å². The van der Waals surface area contributed by atoms with E-state index in [-0.39, 0.29) is 43.1 Å². The molecule has 0 saturated carbocycles. The lowest BCUT2D eigenvalue weighted by molar-refractivity contribution is -0.121. The van der Waals surface area contributed by atoms with Gasteiger partial charge in [-0.1, -0.05) is 6.07 Å². The van der Waals surface area contributed by atoms with Crippen molar-refractivity contribution in [3.63, 3.8) is 0 Å². The van der Waals surface area contributed by atoms with Crippen molar-refractivity contribution < 1.29 is 4.79 Å². The van der Waals surface area contributed by atoms with Gasteiger partial charge in [0.1, 0.15) is 5.82 Å². The molecule has 0 radical (unpaired) electrons. The van der Waals surface area contributed by atoms with Gasteiger partial charge in [0.15, 0.2) is 0 Å². The minimum atomic E-state index is -0.0133. The number of aromatic nitrogens is 1. The van der Waals surface area contributed by atoms with Gasteiger partial charge in [-0.25, -0.2) is 4.98 Å². The molecule has 1 aliphatic rings. The maximum atomic E-state index is 11.5. The van der Waals surface area contributed by atoms with Crippen molar-refractivity contribution in [2.45, 2.75) is 13.0 Å². The highest BCUT2D eigenvalue weighted by Gasteiger charge is 2.17. The summed E-state index contributed by atoms with van der Waals surface area (Å²) < 4.78 is 0. The summed E-state index contributed by atoms with van der Waals surface area (Å²) in [6.45, 7) is 4.90. The fraction of sp³-hybridized carbons (Fsp3) is 0.571. The first-order valence-electron chi connectivity index (χ1n) is 7.05. The largest absolute Gasteiger partial charge is 0.354 e. The van der Waals surface area contributed by atoms with Crippen LogP contribution in [0.3, 0.4) is 0 Å². The van der Waals surface area contributed by atoms with Crippen LogP contribution in [0.15, 0.2) is 18.3 Å². The standard InChI is InChI=1S/C14H23N5O.3ClH/c1-18-7-9-19(10-8-18)14-12(3-2-6-16-14)11-17-13(20)4-5-15;;;/h2-3,6H,4-5,7-11,15H2,1H3,(H,17,20);3*1H. The molecule has 6 nitrogen and oxygen atoms in total. The van der Waals surface area contributed by atoms with Crippen molar-refractivity contribution in [3.05, 3.63) is 23.9 Å². The molecule has 0 aliphatic carbocycles. The van der Waals surface area contributed by atoms with Crippen molar-refractivity contribution in [2.24, 2.45) is 5.73 Å². The summed E-state index contributed by atoms with van der Waals surface area (Å²) in [5.74, 6) is 0.967. The molecule has 1 aromatic heterocycles. The van der Waals surface area contributed by atoms with Gasteiger partial charge < -0.3 is 20.9 Å². The Morgan fingerprint density at radius 2 is 1.91 bits per heavy atom. The van der Waals surface area contributed by atoms with E-state index >= 15 is 0 Å². The first-order chi connectivity index (χ1) is 9.70. The zero-order valence-electron chi connectivity index (χ0n) is 13.2. The van der Waals surface area contributed by atoms with E-state index in [1.54, 1.807) is 6.20 Å². The number of piperazine rings is 1. The van der Waals surface area contributed by atoms with Crippen LogP contribution in [-0.4, -0.2) is 55.6 Å². The first-order valence-corrected chi connectivity index (χ1v) is 7.05. The predicted octanol–water partition coefficient (Wildman–Crippen LogP) is 1.06. The lowest BCUT2D eigenvalue weighted by atomic mass is 10.2. The lowest BCUT2D eigenvalue weighted by Crippen LogP contribution is -2.45. The van der Waals surface area contributed by atoms with E-state index in [2.05, 4.69) is 27.1 Å². The second kappa shape index (κ2) is 12.6. The first kappa shape index (κ1) is 24.5. The molecule has 0 atom stereocenters. The van der Waals surface area contributed by atoms with Crippen LogP contribution in [0, 0.1) is 0 Å². The lowest BCUT2D eigenvalue weighted by Gasteiger charge is -2.34. The fourth-order valence-corrected chi connectivity index (χ4v) is 2.28. The summed E-state index contributed by atoms with van der Waals surface area (Å²) in [7, 11) is 2.13. The molecule has 23 heavy (non-hydrogen) atoms. The van der Waals surface area contributed by atoms with Crippen LogP contribution in [0.2, 0.25) is 0 Å². The Morgan fingerprint density at radius 1 is 1.26 bits per heavy atom. The second-order valence-corrected chi connectivity index (χ2v) is 5.09. The van der Waals surface area contributed by atoms with E-state index in [0.717, 1.165) is 37.6 Å². The van der Waals surface area contributed by atoms with E-state index in [1.807, 2.05) is 12.1 Å². The molecule has 1 saturated heterocycles. The molecule has 1 aliphatic heterocycles. The third-order valence-electron chi connectivity index (χ3n) is 3.52. The Balaban J connectivity index is 0. The molecular weight excluding hydrogens is 361 g/mol. The molecule has 0 unspecified atom stereocenters. The van der Waals surface area contributed by atoms with Crippen molar-refractivity contribution in [1.82, 2.24) is 15.2 Å². The van der Waals surface area contributed by atoms with E-state index in [9.17, 15) is 4.79 Å². The Kier molecular flexibility index (Phi) is 13.4. The Labute approximate surface area is 156 Å². The number of carbonyl (C=O) groups is 1. The smallest absolute Gasteiger partial charge is 0.221 e. The number of nitrogens with one attached hydrogen (secondary N) is 1. The van der Waals surface area contributed by atoms with Crippen LogP contribution < -0.4 is 16.0 Å². The highest BCUT2D eigenvalue weighted by Crippen LogP contribution is 2.18. The van der Waals surface area contributed by atoms with E-state index < -0.39 is 0 Å². The van der Waals surface area contributed by atoms with Gasteiger partial charge in [0.05, 0.1) is 0 Å². The molecule has 2 heterocycles. The number of carbonyl (C=O) groups excluding carboxylic acids is 1. The number of hydrogen-bond acceptors (Lipinski definition) is 5. The van der Waals surface area contributed by atoms with Crippen molar-refractivity contribution in [2.75, 3.05) is 44.7 Å². The summed E-state index contributed by atoms with van der Waals surface area (Å²) in [6.07, 6.45) is 2.17. The van der Waals surface area contributed by atoms with Crippen LogP contribution in [0.5, 0.6) is 0 Å². The summed E-state index contributed by atoms with van der Waals surface area (Å²) in [5.41, 5.74) is 6.43. The molecule has 0 aromatic carbocycles. The van der Waals surface area contributed by atoms with Gasteiger partial charge in [-0.15, -0.1) is 37.2 Å². The Bertz CT molecular complexity index is 456. The number of nitrogens with two attached hydrogens (primary N) is 1. The van der Waals surface area contributed by atoms with Gasteiger partial charge in [0.2, 0.25) is 5.91 Å². The van der Waals surface area contributed by atoms with E-state index in [1.165, 1.54) is 0 Å². The summed E-state index contributed by atoms with van der Waals surface area (Å²) in [4.78, 5) is 20.6. The Morgan fingerprint density at radius 3 is 2.52 bits per heavy atom. The third-order valence-corrected chi connectivity index (χ3v) is 3.52. The molecule has 1 fully saturated rings. The molecule has 2 rings (SSSR count). The number of pyridine rings is 1. The quantitative estimate of drug-likeness (QED) is 0.791. The predicted molar refractivity (Wildman–Crippen MR) is 101 cm³/mol. The number of nitrogens with zero attached hydrogens (tertiary/aromatic N) is 3. The summed E-state index contributed by atoms with van der Waals surface area (Å²) in [5, 5.41) is 2.89. The molecule has 3 N–H and O–H groups in total. The van der Waals surface area contributed by atoms with Gasteiger partial charge >= 0.3 is 0 Å². The van der Waals surface area contributed by atoms with Gasteiger partial charge in [0, 0.05) is 57.4 Å². The van der Waals surface area contributed by atoms with Crippen molar-refractivity contribution in [3.8, 4) is 0 Å². The minimum absolute atomic E-state index is 0. The van der Waals surface area contributed by atoms with Gasteiger partial charge in [-0.3, -0.25) is 4.79 Å². The molecular formula is C14H26Cl3N5O. The van der Waals surface area contributed by atoms with Gasteiger partial charge in [-0.2, -0.15) is 0 Å². The molecule has 1 aromatic rings. The SMILES string of the molecule is CN1CCN(c2ncccc2CNC(=O)CCN)CC1.Cl.Cl.Cl. The number of rotatable bonds is 5. The zero-order valence-corrected chi connectivity index (χ0v) is 15.7. The minimum Gasteiger partial charge on any atom is -0.354 e. The Hall–Kier alpha value is -0.790. The van der Waals surface area contributed by atoms with Crippen LogP contribution in [0.1, 0.15) is 12.0 Å². The summed E-state index contributed by atoms with van der Waals surface area (Å²) in [6, 6.07) is 3.92. The number of amides is 1. The fourth-order valence-electron chi connectivity index (χ4n) is 2.28. The zero-order chi connectivity index (χ0) is 14.4. The number of anilines is 1. The van der Waals surface area contributed by atoms with Gasteiger partial charge in [-0.05, 0) is 13.1 Å². The topological polar surface area (TPSA) is 74.5 Å². The van der Waals surface area contributed by atoms with Crippen LogP contribution >= 0.6 is 37.2 Å². The maximum Gasteiger partial charge on any atom is 0.221 e. The molecule has 1 amide bonds.